The Morgan fingerprint density at radius 1 is 0.935 bits per heavy atom. The maximum Gasteiger partial charge on any atom is 0.419 e. The lowest BCUT2D eigenvalue weighted by Crippen LogP contribution is -2.21. The first-order valence-corrected chi connectivity index (χ1v) is 14.8. The number of fused-ring (bicyclic) bond motifs is 2. The minimum atomic E-state index is -1.14. The quantitative estimate of drug-likeness (QED) is 0.113. The van der Waals surface area contributed by atoms with Crippen molar-refractivity contribution in [3.05, 3.63) is 129 Å². The van der Waals surface area contributed by atoms with Crippen LogP contribution < -0.4 is 21.9 Å². The molecule has 46 heavy (non-hydrogen) atoms. The molecular weight excluding hydrogens is 588 g/mol. The van der Waals surface area contributed by atoms with Crippen LogP contribution in [-0.2, 0) is 19.5 Å². The van der Waals surface area contributed by atoms with Crippen LogP contribution in [0.2, 0.25) is 0 Å². The number of hydrogen-bond acceptors (Lipinski definition) is 7. The molecule has 0 aliphatic heterocycles. The average molecular weight is 621 g/mol. The summed E-state index contributed by atoms with van der Waals surface area (Å²) in [6.45, 7) is 1.02. The van der Waals surface area contributed by atoms with Crippen LogP contribution in [0.5, 0.6) is 5.75 Å². The number of aliphatic hydroxyl groups excluding tert-OH is 1. The summed E-state index contributed by atoms with van der Waals surface area (Å²) in [4.78, 5) is 38.5. The number of carbonyl (C=O) groups is 1. The summed E-state index contributed by atoms with van der Waals surface area (Å²) < 4.78 is 7.06. The van der Waals surface area contributed by atoms with Crippen molar-refractivity contribution in [2.75, 3.05) is 11.9 Å². The molecule has 0 fully saturated rings. The van der Waals surface area contributed by atoms with E-state index in [2.05, 4.69) is 15.6 Å². The lowest BCUT2D eigenvalue weighted by Gasteiger charge is -2.15. The number of benzene rings is 4. The molecule has 4 aromatic carbocycles. The van der Waals surface area contributed by atoms with E-state index < -0.39 is 18.0 Å². The molecule has 1 amide bonds. The van der Waals surface area contributed by atoms with Crippen LogP contribution in [0.15, 0.2) is 105 Å². The summed E-state index contributed by atoms with van der Waals surface area (Å²) in [5, 5.41) is 36.7. The number of phenolic OH excluding ortho intramolecular Hbond substituents is 1. The summed E-state index contributed by atoms with van der Waals surface area (Å²) in [6.07, 6.45) is -0.817. The number of phenols is 1. The number of aliphatic hydroxyl groups is 1. The van der Waals surface area contributed by atoms with Gasteiger partial charge in [-0.15, -0.1) is 0 Å². The van der Waals surface area contributed by atoms with Gasteiger partial charge in [0, 0.05) is 36.7 Å². The Morgan fingerprint density at radius 3 is 2.54 bits per heavy atom. The van der Waals surface area contributed by atoms with E-state index in [1.54, 1.807) is 22.8 Å². The molecule has 0 aliphatic rings. The summed E-state index contributed by atoms with van der Waals surface area (Å²) >= 11 is 0. The number of oxazole rings is 1. The number of aryl methyl sites for hydroxylation is 2. The van der Waals surface area contributed by atoms with Crippen LogP contribution in [0.25, 0.3) is 33.1 Å². The summed E-state index contributed by atoms with van der Waals surface area (Å²) in [7, 11) is 0. The molecule has 1 atom stereocenters. The van der Waals surface area contributed by atoms with Crippen molar-refractivity contribution in [3.63, 3.8) is 0 Å². The molecule has 0 radical (unpaired) electrons. The fourth-order valence-corrected chi connectivity index (χ4v) is 5.72. The maximum atomic E-state index is 12.7. The van der Waals surface area contributed by atoms with Gasteiger partial charge in [-0.25, -0.2) is 9.59 Å². The van der Waals surface area contributed by atoms with Crippen LogP contribution in [0, 0.1) is 0 Å². The number of amides is 1. The van der Waals surface area contributed by atoms with E-state index in [1.807, 2.05) is 60.7 Å². The average Bonchev–Trinajstić information content (AvgIpc) is 3.35. The largest absolute Gasteiger partial charge is 0.506 e. The van der Waals surface area contributed by atoms with E-state index in [0.717, 1.165) is 22.3 Å². The van der Waals surface area contributed by atoms with Gasteiger partial charge in [0.25, 0.3) is 0 Å². The normalized spacial score (nSPS) is 12.0. The molecule has 6 N–H and O–H groups in total. The number of hydrogen-bond donors (Lipinski definition) is 6. The highest BCUT2D eigenvalue weighted by atomic mass is 16.4. The summed E-state index contributed by atoms with van der Waals surface area (Å²) in [6, 6.07) is 26.7. The number of rotatable bonds is 11. The van der Waals surface area contributed by atoms with E-state index >= 15 is 0 Å². The first kappa shape index (κ1) is 30.4. The molecule has 11 heteroatoms. The van der Waals surface area contributed by atoms with Crippen LogP contribution in [0.3, 0.4) is 0 Å². The van der Waals surface area contributed by atoms with Crippen LogP contribution in [-0.4, -0.2) is 37.5 Å². The third-order valence-corrected chi connectivity index (χ3v) is 7.92. The Hall–Kier alpha value is -5.65. The molecule has 0 bridgehead atoms. The van der Waals surface area contributed by atoms with Crippen molar-refractivity contribution in [1.29, 1.82) is 0 Å². The van der Waals surface area contributed by atoms with E-state index in [0.29, 0.717) is 53.7 Å². The van der Waals surface area contributed by atoms with Gasteiger partial charge in [-0.1, -0.05) is 54.6 Å². The Bertz CT molecular complexity index is 2150. The number of aromatic nitrogens is 2. The molecule has 2 heterocycles. The number of H-pyrrole nitrogens is 1. The highest BCUT2D eigenvalue weighted by Crippen LogP contribution is 2.30. The Morgan fingerprint density at radius 2 is 1.74 bits per heavy atom. The van der Waals surface area contributed by atoms with Gasteiger partial charge in [0.2, 0.25) is 5.56 Å². The number of anilines is 1. The Balaban J connectivity index is 1.12. The molecular formula is C35H32N4O7. The van der Waals surface area contributed by atoms with Crippen molar-refractivity contribution in [2.45, 2.75) is 32.0 Å². The highest BCUT2D eigenvalue weighted by Gasteiger charge is 2.15. The van der Waals surface area contributed by atoms with Gasteiger partial charge in [-0.05, 0) is 65.4 Å². The predicted octanol–water partition coefficient (Wildman–Crippen LogP) is 5.35. The molecule has 0 spiro atoms. The Labute approximate surface area is 262 Å². The zero-order valence-electron chi connectivity index (χ0n) is 24.7. The van der Waals surface area contributed by atoms with E-state index in [-0.39, 0.29) is 23.4 Å². The van der Waals surface area contributed by atoms with Gasteiger partial charge in [0.15, 0.2) is 5.58 Å². The van der Waals surface area contributed by atoms with Gasteiger partial charge in [-0.3, -0.25) is 14.7 Å². The van der Waals surface area contributed by atoms with Gasteiger partial charge in [0.05, 0.1) is 22.8 Å². The second-order valence-corrected chi connectivity index (χ2v) is 11.0. The third kappa shape index (κ3) is 6.55. The van der Waals surface area contributed by atoms with Crippen molar-refractivity contribution in [3.8, 4) is 16.9 Å². The highest BCUT2D eigenvalue weighted by molar-refractivity contribution is 5.91. The predicted molar refractivity (Wildman–Crippen MR) is 175 cm³/mol. The van der Waals surface area contributed by atoms with Crippen LogP contribution in [0.1, 0.15) is 29.2 Å². The second kappa shape index (κ2) is 13.1. The first-order chi connectivity index (χ1) is 22.3. The fourth-order valence-electron chi connectivity index (χ4n) is 5.72. The number of carboxylic acid groups (broad SMARTS) is 1. The molecule has 2 aromatic heterocycles. The van der Waals surface area contributed by atoms with Crippen LogP contribution >= 0.6 is 0 Å². The smallest absolute Gasteiger partial charge is 0.419 e. The van der Waals surface area contributed by atoms with Gasteiger partial charge in [-0.2, -0.15) is 0 Å². The number of aromatic hydroxyl groups is 1. The standard InChI is InChI=1S/C35H32N4O7/c40-29-13-11-25(26-12-15-32(42)38-33(26)29)30(41)20-36-19-22-9-14-31-28(18-22)39(35(45)46-31)16-4-5-21-8-10-24(23-6-2-1-3-7-23)27(17-21)37-34(43)44/h1-3,6-15,17-18,30,36-37,40-41H,4-5,16,19-20H2,(H,38,42)(H,43,44). The molecule has 0 saturated heterocycles. The van der Waals surface area contributed by atoms with Gasteiger partial charge < -0.3 is 30.0 Å². The lowest BCUT2D eigenvalue weighted by atomic mass is 9.99. The van der Waals surface area contributed by atoms with Crippen LogP contribution in [0.4, 0.5) is 10.5 Å². The SMILES string of the molecule is O=C(O)Nc1cc(CCCn2c(=O)oc3ccc(CNCC(O)c4ccc(O)c5[nH]c(=O)ccc45)cc32)ccc1-c1ccccc1. The molecule has 1 unspecified atom stereocenters. The fraction of sp³-hybridized carbons (Fsp3) is 0.171. The van der Waals surface area contributed by atoms with E-state index in [4.69, 9.17) is 4.42 Å². The molecule has 11 nitrogen and oxygen atoms in total. The monoisotopic (exact) mass is 620 g/mol. The zero-order valence-corrected chi connectivity index (χ0v) is 24.7. The van der Waals surface area contributed by atoms with Gasteiger partial charge in [0.1, 0.15) is 5.75 Å². The molecule has 0 saturated carbocycles. The molecule has 0 aliphatic carbocycles. The van der Waals surface area contributed by atoms with Crippen molar-refractivity contribution >= 4 is 33.8 Å². The van der Waals surface area contributed by atoms with E-state index in [9.17, 15) is 29.7 Å². The zero-order chi connectivity index (χ0) is 32.2. The van der Waals surface area contributed by atoms with Crippen molar-refractivity contribution in [1.82, 2.24) is 14.9 Å². The summed E-state index contributed by atoms with van der Waals surface area (Å²) in [5.41, 5.74) is 5.62. The van der Waals surface area contributed by atoms with Gasteiger partial charge >= 0.3 is 11.8 Å². The second-order valence-electron chi connectivity index (χ2n) is 11.0. The number of nitrogens with one attached hydrogen (secondary N) is 3. The third-order valence-electron chi connectivity index (χ3n) is 7.92. The molecule has 6 aromatic rings. The van der Waals surface area contributed by atoms with Crippen molar-refractivity contribution < 1.29 is 24.5 Å². The maximum absolute atomic E-state index is 12.7. The molecule has 6 rings (SSSR count). The topological polar surface area (TPSA) is 170 Å². The minimum Gasteiger partial charge on any atom is -0.506 e. The number of nitrogens with zero attached hydrogens (tertiary/aromatic N) is 1. The van der Waals surface area contributed by atoms with E-state index in [1.165, 1.54) is 12.1 Å². The number of pyridine rings is 1. The number of aromatic amines is 1. The Kier molecular flexibility index (Phi) is 8.68. The lowest BCUT2D eigenvalue weighted by molar-refractivity contribution is 0.176. The minimum absolute atomic E-state index is 0.0722. The van der Waals surface area contributed by atoms with Crippen molar-refractivity contribution in [2.24, 2.45) is 0 Å². The first-order valence-electron chi connectivity index (χ1n) is 14.8. The molecule has 234 valence electrons. The summed E-state index contributed by atoms with van der Waals surface area (Å²) in [5.74, 6) is -0.530.